The molecule has 0 aromatic carbocycles. The summed E-state index contributed by atoms with van der Waals surface area (Å²) in [5.41, 5.74) is 0.526. The van der Waals surface area contributed by atoms with E-state index in [4.69, 9.17) is 0 Å². The van der Waals surface area contributed by atoms with Crippen LogP contribution in [-0.2, 0) is 0 Å². The van der Waals surface area contributed by atoms with Gasteiger partial charge in [-0.15, -0.1) is 0 Å². The molecule has 0 radical (unpaired) electrons. The molecule has 1 unspecified atom stereocenters. The van der Waals surface area contributed by atoms with Crippen molar-refractivity contribution in [3.63, 3.8) is 0 Å². The molecule has 3 heterocycles. The minimum atomic E-state index is -0.310. The second kappa shape index (κ2) is 9.63. The van der Waals surface area contributed by atoms with Crippen molar-refractivity contribution in [1.82, 2.24) is 25.9 Å². The number of hydrogen-bond acceptors (Lipinski definition) is 5. The van der Waals surface area contributed by atoms with Gasteiger partial charge in [-0.3, -0.25) is 14.8 Å². The van der Waals surface area contributed by atoms with Crippen molar-refractivity contribution < 1.29 is 9.18 Å². The molecule has 0 bridgehead atoms. The lowest BCUT2D eigenvalue weighted by molar-refractivity contribution is 0.0954. The second-order valence-corrected chi connectivity index (χ2v) is 6.38. The number of guanidine groups is 1. The van der Waals surface area contributed by atoms with Crippen LogP contribution >= 0.6 is 0 Å². The standard InChI is InChI=1S/C19H24FN7O/c1-21-19(25-10-9-24-18(28)14-4-2-7-22-12-14)26-15-6-11-27(13-15)17-16(20)5-3-8-23-17/h2-5,7-8,12,15H,6,9-11,13H2,1H3,(H,24,28)(H2,21,25,26). The lowest BCUT2D eigenvalue weighted by Gasteiger charge is -2.20. The Bertz CT molecular complexity index is 815. The number of rotatable bonds is 6. The molecule has 3 N–H and O–H groups in total. The summed E-state index contributed by atoms with van der Waals surface area (Å²) in [4.78, 5) is 26.2. The van der Waals surface area contributed by atoms with E-state index in [9.17, 15) is 9.18 Å². The van der Waals surface area contributed by atoms with Crippen molar-refractivity contribution in [2.75, 3.05) is 38.1 Å². The third-order valence-electron chi connectivity index (χ3n) is 4.42. The Hall–Kier alpha value is -3.23. The van der Waals surface area contributed by atoms with Crippen LogP contribution in [0.25, 0.3) is 0 Å². The fourth-order valence-electron chi connectivity index (χ4n) is 3.02. The molecule has 0 spiro atoms. The molecule has 2 aromatic heterocycles. The Morgan fingerprint density at radius 3 is 2.86 bits per heavy atom. The minimum Gasteiger partial charge on any atom is -0.355 e. The normalized spacial score (nSPS) is 16.7. The van der Waals surface area contributed by atoms with E-state index < -0.39 is 0 Å². The van der Waals surface area contributed by atoms with Gasteiger partial charge in [0.25, 0.3) is 5.91 Å². The van der Waals surface area contributed by atoms with Crippen LogP contribution in [0.5, 0.6) is 0 Å². The second-order valence-electron chi connectivity index (χ2n) is 6.38. The van der Waals surface area contributed by atoms with Crippen LogP contribution in [0.1, 0.15) is 16.8 Å². The number of nitrogens with one attached hydrogen (secondary N) is 3. The van der Waals surface area contributed by atoms with Crippen molar-refractivity contribution >= 4 is 17.7 Å². The summed E-state index contributed by atoms with van der Waals surface area (Å²) in [7, 11) is 1.69. The zero-order chi connectivity index (χ0) is 19.8. The summed E-state index contributed by atoms with van der Waals surface area (Å²) in [6.07, 6.45) is 5.60. The van der Waals surface area contributed by atoms with Crippen LogP contribution in [0, 0.1) is 5.82 Å². The fourth-order valence-corrected chi connectivity index (χ4v) is 3.02. The molecule has 0 aliphatic carbocycles. The molecule has 1 atom stereocenters. The number of anilines is 1. The van der Waals surface area contributed by atoms with Crippen molar-refractivity contribution in [3.8, 4) is 0 Å². The number of hydrogen-bond donors (Lipinski definition) is 3. The number of nitrogens with zero attached hydrogens (tertiary/aromatic N) is 4. The molecule has 1 aliphatic heterocycles. The van der Waals surface area contributed by atoms with Gasteiger partial charge in [-0.2, -0.15) is 0 Å². The highest BCUT2D eigenvalue weighted by Crippen LogP contribution is 2.20. The fraction of sp³-hybridized carbons (Fsp3) is 0.368. The number of carbonyl (C=O) groups excluding carboxylic acids is 1. The summed E-state index contributed by atoms with van der Waals surface area (Å²) in [6, 6.07) is 6.58. The van der Waals surface area contributed by atoms with Crippen LogP contribution in [0.2, 0.25) is 0 Å². The number of halogens is 1. The van der Waals surface area contributed by atoms with Gasteiger partial charge < -0.3 is 20.9 Å². The minimum absolute atomic E-state index is 0.137. The van der Waals surface area contributed by atoms with Gasteiger partial charge in [0.05, 0.1) is 5.56 Å². The molecule has 8 nitrogen and oxygen atoms in total. The van der Waals surface area contributed by atoms with E-state index in [0.29, 0.717) is 37.0 Å². The Balaban J connectivity index is 1.40. The summed E-state index contributed by atoms with van der Waals surface area (Å²) < 4.78 is 13.9. The maximum atomic E-state index is 13.9. The van der Waals surface area contributed by atoms with E-state index in [-0.39, 0.29) is 17.8 Å². The highest BCUT2D eigenvalue weighted by atomic mass is 19.1. The van der Waals surface area contributed by atoms with Crippen LogP contribution < -0.4 is 20.9 Å². The maximum Gasteiger partial charge on any atom is 0.252 e. The van der Waals surface area contributed by atoms with Gasteiger partial charge in [-0.25, -0.2) is 9.37 Å². The molecular weight excluding hydrogens is 361 g/mol. The molecule has 2 aromatic rings. The Morgan fingerprint density at radius 2 is 2.11 bits per heavy atom. The molecule has 1 fully saturated rings. The quantitative estimate of drug-likeness (QED) is 0.387. The largest absolute Gasteiger partial charge is 0.355 e. The number of aromatic nitrogens is 2. The van der Waals surface area contributed by atoms with E-state index in [1.165, 1.54) is 12.3 Å². The highest BCUT2D eigenvalue weighted by Gasteiger charge is 2.25. The van der Waals surface area contributed by atoms with Crippen molar-refractivity contribution in [2.24, 2.45) is 4.99 Å². The van der Waals surface area contributed by atoms with E-state index in [2.05, 4.69) is 30.9 Å². The zero-order valence-corrected chi connectivity index (χ0v) is 15.7. The first-order valence-corrected chi connectivity index (χ1v) is 9.18. The van der Waals surface area contributed by atoms with Gasteiger partial charge in [-0.1, -0.05) is 0 Å². The number of carbonyl (C=O) groups is 1. The van der Waals surface area contributed by atoms with Crippen LogP contribution in [0.3, 0.4) is 0 Å². The summed E-state index contributed by atoms with van der Waals surface area (Å²) in [5.74, 6) is 0.550. The zero-order valence-electron chi connectivity index (χ0n) is 15.7. The van der Waals surface area contributed by atoms with Gasteiger partial charge in [0.2, 0.25) is 0 Å². The average molecular weight is 385 g/mol. The Kier molecular flexibility index (Phi) is 6.72. The lowest BCUT2D eigenvalue weighted by Crippen LogP contribution is -2.46. The van der Waals surface area contributed by atoms with E-state index in [0.717, 1.165) is 13.0 Å². The van der Waals surface area contributed by atoms with Gasteiger partial charge in [-0.05, 0) is 30.7 Å². The predicted molar refractivity (Wildman–Crippen MR) is 106 cm³/mol. The third kappa shape index (κ3) is 5.15. The van der Waals surface area contributed by atoms with Crippen molar-refractivity contribution in [1.29, 1.82) is 0 Å². The molecule has 3 rings (SSSR count). The molecule has 1 saturated heterocycles. The van der Waals surface area contributed by atoms with Crippen LogP contribution in [0.15, 0.2) is 47.8 Å². The smallest absolute Gasteiger partial charge is 0.252 e. The van der Waals surface area contributed by atoms with E-state index in [1.54, 1.807) is 37.6 Å². The Morgan fingerprint density at radius 1 is 1.29 bits per heavy atom. The maximum absolute atomic E-state index is 13.9. The predicted octanol–water partition coefficient (Wildman–Crippen LogP) is 0.789. The van der Waals surface area contributed by atoms with Crippen LogP contribution in [-0.4, -0.2) is 61.1 Å². The monoisotopic (exact) mass is 385 g/mol. The molecule has 148 valence electrons. The van der Waals surface area contributed by atoms with E-state index >= 15 is 0 Å². The first-order chi connectivity index (χ1) is 13.7. The topological polar surface area (TPSA) is 94.5 Å². The summed E-state index contributed by atoms with van der Waals surface area (Å²) >= 11 is 0. The molecule has 0 saturated carbocycles. The highest BCUT2D eigenvalue weighted by molar-refractivity contribution is 5.93. The third-order valence-corrected chi connectivity index (χ3v) is 4.42. The van der Waals surface area contributed by atoms with Gasteiger partial charge in [0, 0.05) is 57.9 Å². The van der Waals surface area contributed by atoms with Crippen molar-refractivity contribution in [3.05, 3.63) is 54.2 Å². The SMILES string of the molecule is CN=C(NCCNC(=O)c1cccnc1)NC1CCN(c2ncccc2F)C1. The lowest BCUT2D eigenvalue weighted by atomic mass is 10.2. The van der Waals surface area contributed by atoms with Gasteiger partial charge >= 0.3 is 0 Å². The molecule has 9 heteroatoms. The molecule has 1 amide bonds. The average Bonchev–Trinajstić information content (AvgIpc) is 3.19. The van der Waals surface area contributed by atoms with Gasteiger partial charge in [0.15, 0.2) is 17.6 Å². The molecule has 28 heavy (non-hydrogen) atoms. The number of aliphatic imine (C=N–C) groups is 1. The van der Waals surface area contributed by atoms with Crippen LogP contribution in [0.4, 0.5) is 10.2 Å². The Labute approximate surface area is 163 Å². The first-order valence-electron chi connectivity index (χ1n) is 9.18. The van der Waals surface area contributed by atoms with E-state index in [1.807, 2.05) is 4.90 Å². The molecule has 1 aliphatic rings. The van der Waals surface area contributed by atoms with Crippen molar-refractivity contribution in [2.45, 2.75) is 12.5 Å². The first kappa shape index (κ1) is 19.5. The number of pyridine rings is 2. The summed E-state index contributed by atoms with van der Waals surface area (Å²) in [6.45, 7) is 2.34. The summed E-state index contributed by atoms with van der Waals surface area (Å²) in [5, 5.41) is 9.32. The van der Waals surface area contributed by atoms with Gasteiger partial charge in [0.1, 0.15) is 0 Å². The number of amides is 1. The molecular formula is C19H24FN7O.